The van der Waals surface area contributed by atoms with Gasteiger partial charge in [0.1, 0.15) is 11.6 Å². The summed E-state index contributed by atoms with van der Waals surface area (Å²) in [4.78, 5) is 7.42. The first-order chi connectivity index (χ1) is 9.24. The second kappa shape index (κ2) is 4.57. The second-order valence-electron chi connectivity index (χ2n) is 4.24. The molecule has 0 saturated heterocycles. The van der Waals surface area contributed by atoms with Crippen LogP contribution in [0.4, 0.5) is 10.1 Å². The highest BCUT2D eigenvalue weighted by molar-refractivity contribution is 5.73. The molecule has 1 heterocycles. The summed E-state index contributed by atoms with van der Waals surface area (Å²) in [6.07, 6.45) is 1.72. The van der Waals surface area contributed by atoms with E-state index in [1.165, 1.54) is 18.2 Å². The Morgan fingerprint density at radius 1 is 1.05 bits per heavy atom. The highest BCUT2D eigenvalue weighted by atomic mass is 19.1. The van der Waals surface area contributed by atoms with Gasteiger partial charge in [-0.3, -0.25) is 0 Å². The summed E-state index contributed by atoms with van der Waals surface area (Å²) < 4.78 is 13.3. The van der Waals surface area contributed by atoms with Crippen molar-refractivity contribution in [2.24, 2.45) is 0 Å². The third-order valence-electron chi connectivity index (χ3n) is 2.93. The molecule has 0 bridgehead atoms. The van der Waals surface area contributed by atoms with E-state index < -0.39 is 0 Å². The first-order valence-corrected chi connectivity index (χ1v) is 5.90. The highest BCUT2D eigenvalue weighted by Crippen LogP contribution is 2.26. The molecule has 0 aliphatic rings. The maximum atomic E-state index is 13.3. The van der Waals surface area contributed by atoms with Crippen LogP contribution in [-0.4, -0.2) is 9.97 Å². The van der Waals surface area contributed by atoms with Crippen molar-refractivity contribution in [1.82, 2.24) is 9.97 Å². The topological polar surface area (TPSA) is 54.7 Å². The van der Waals surface area contributed by atoms with Gasteiger partial charge in [-0.15, -0.1) is 0 Å². The van der Waals surface area contributed by atoms with Crippen molar-refractivity contribution < 1.29 is 4.39 Å². The molecule has 3 aromatic rings. The third kappa shape index (κ3) is 2.20. The number of aromatic nitrogens is 2. The lowest BCUT2D eigenvalue weighted by Gasteiger charge is -2.02. The fourth-order valence-electron chi connectivity index (χ4n) is 1.96. The number of hydrogen-bond acceptors (Lipinski definition) is 2. The molecule has 4 heteroatoms. The Morgan fingerprint density at radius 2 is 1.84 bits per heavy atom. The number of nitrogen functional groups attached to an aromatic ring is 1. The number of nitrogens with two attached hydrogens (primary N) is 1. The maximum Gasteiger partial charge on any atom is 0.139 e. The largest absolute Gasteiger partial charge is 0.398 e. The molecule has 0 atom stereocenters. The van der Waals surface area contributed by atoms with E-state index in [-0.39, 0.29) is 5.82 Å². The number of H-pyrrole nitrogens is 1. The normalized spacial score (nSPS) is 10.6. The molecular weight excluding hydrogens is 241 g/mol. The number of rotatable bonds is 2. The number of aromatic amines is 1. The van der Waals surface area contributed by atoms with Gasteiger partial charge in [0.05, 0.1) is 11.9 Å². The van der Waals surface area contributed by atoms with E-state index in [0.717, 1.165) is 11.3 Å². The predicted molar refractivity (Wildman–Crippen MR) is 73.8 cm³/mol. The van der Waals surface area contributed by atoms with Crippen LogP contribution in [0, 0.1) is 5.82 Å². The molecule has 1 aromatic heterocycles. The van der Waals surface area contributed by atoms with Gasteiger partial charge in [0.2, 0.25) is 0 Å². The Labute approximate surface area is 109 Å². The first kappa shape index (κ1) is 11.5. The van der Waals surface area contributed by atoms with E-state index in [2.05, 4.69) is 9.97 Å². The van der Waals surface area contributed by atoms with E-state index in [1.54, 1.807) is 6.20 Å². The summed E-state index contributed by atoms with van der Waals surface area (Å²) >= 11 is 0. The molecule has 0 aliphatic carbocycles. The lowest BCUT2D eigenvalue weighted by molar-refractivity contribution is 0.628. The predicted octanol–water partition coefficient (Wildman–Crippen LogP) is 3.47. The van der Waals surface area contributed by atoms with Crippen molar-refractivity contribution in [3.8, 4) is 22.6 Å². The van der Waals surface area contributed by atoms with E-state index in [1.807, 2.05) is 30.3 Å². The Hall–Kier alpha value is -2.62. The SMILES string of the molecule is Nc1ccc(F)cc1-c1ncc(-c2ccccc2)[nH]1. The van der Waals surface area contributed by atoms with Crippen LogP contribution in [0.5, 0.6) is 0 Å². The zero-order valence-corrected chi connectivity index (χ0v) is 10.1. The van der Waals surface area contributed by atoms with Crippen molar-refractivity contribution in [3.63, 3.8) is 0 Å². The third-order valence-corrected chi connectivity index (χ3v) is 2.93. The minimum Gasteiger partial charge on any atom is -0.398 e. The van der Waals surface area contributed by atoms with Crippen LogP contribution in [0.15, 0.2) is 54.7 Å². The van der Waals surface area contributed by atoms with Crippen LogP contribution < -0.4 is 5.73 Å². The van der Waals surface area contributed by atoms with Gasteiger partial charge < -0.3 is 10.7 Å². The molecule has 0 amide bonds. The van der Waals surface area contributed by atoms with Crippen molar-refractivity contribution in [2.75, 3.05) is 5.73 Å². The number of benzene rings is 2. The van der Waals surface area contributed by atoms with E-state index >= 15 is 0 Å². The molecule has 19 heavy (non-hydrogen) atoms. The zero-order valence-electron chi connectivity index (χ0n) is 10.1. The average molecular weight is 253 g/mol. The van der Waals surface area contributed by atoms with E-state index in [0.29, 0.717) is 17.1 Å². The smallest absolute Gasteiger partial charge is 0.139 e. The van der Waals surface area contributed by atoms with Gasteiger partial charge in [-0.05, 0) is 23.8 Å². The molecule has 2 aromatic carbocycles. The fourth-order valence-corrected chi connectivity index (χ4v) is 1.96. The first-order valence-electron chi connectivity index (χ1n) is 5.90. The van der Waals surface area contributed by atoms with Crippen molar-refractivity contribution in [1.29, 1.82) is 0 Å². The van der Waals surface area contributed by atoms with Gasteiger partial charge in [-0.2, -0.15) is 0 Å². The zero-order chi connectivity index (χ0) is 13.2. The number of halogens is 1. The van der Waals surface area contributed by atoms with Gasteiger partial charge in [-0.25, -0.2) is 9.37 Å². The van der Waals surface area contributed by atoms with Gasteiger partial charge in [0.25, 0.3) is 0 Å². The summed E-state index contributed by atoms with van der Waals surface area (Å²) in [5.41, 5.74) is 8.81. The molecule has 0 radical (unpaired) electrons. The molecule has 0 fully saturated rings. The molecule has 0 spiro atoms. The molecule has 3 nitrogen and oxygen atoms in total. The van der Waals surface area contributed by atoms with Crippen molar-refractivity contribution in [2.45, 2.75) is 0 Å². The summed E-state index contributed by atoms with van der Waals surface area (Å²) in [7, 11) is 0. The molecule has 3 rings (SSSR count). The van der Waals surface area contributed by atoms with Gasteiger partial charge in [0, 0.05) is 11.3 Å². The Morgan fingerprint density at radius 3 is 2.63 bits per heavy atom. The van der Waals surface area contributed by atoms with Crippen LogP contribution in [0.3, 0.4) is 0 Å². The molecule has 94 valence electrons. The Balaban J connectivity index is 2.04. The molecule has 0 aliphatic heterocycles. The number of nitrogens with zero attached hydrogens (tertiary/aromatic N) is 1. The van der Waals surface area contributed by atoms with Gasteiger partial charge in [0.15, 0.2) is 0 Å². The summed E-state index contributed by atoms with van der Waals surface area (Å²) in [6, 6.07) is 14.1. The molecule has 0 unspecified atom stereocenters. The standard InChI is InChI=1S/C15H12FN3/c16-11-6-7-13(17)12(8-11)15-18-9-14(19-15)10-4-2-1-3-5-10/h1-9H,17H2,(H,18,19). The van der Waals surface area contributed by atoms with Crippen LogP contribution in [0.2, 0.25) is 0 Å². The van der Waals surface area contributed by atoms with E-state index in [4.69, 9.17) is 5.73 Å². The van der Waals surface area contributed by atoms with Crippen LogP contribution in [0.1, 0.15) is 0 Å². The lowest BCUT2D eigenvalue weighted by Crippen LogP contribution is -1.92. The minimum absolute atomic E-state index is 0.332. The van der Waals surface area contributed by atoms with Crippen LogP contribution in [-0.2, 0) is 0 Å². The minimum atomic E-state index is -0.332. The number of anilines is 1. The van der Waals surface area contributed by atoms with Gasteiger partial charge in [-0.1, -0.05) is 30.3 Å². The van der Waals surface area contributed by atoms with Crippen LogP contribution >= 0.6 is 0 Å². The summed E-state index contributed by atoms with van der Waals surface area (Å²) in [6.45, 7) is 0. The number of hydrogen-bond donors (Lipinski definition) is 2. The highest BCUT2D eigenvalue weighted by Gasteiger charge is 2.09. The number of nitrogens with one attached hydrogen (secondary N) is 1. The molecule has 0 saturated carbocycles. The van der Waals surface area contributed by atoms with Crippen molar-refractivity contribution in [3.05, 3.63) is 60.5 Å². The summed E-state index contributed by atoms with van der Waals surface area (Å²) in [5, 5.41) is 0. The van der Waals surface area contributed by atoms with Crippen molar-refractivity contribution >= 4 is 5.69 Å². The summed E-state index contributed by atoms with van der Waals surface area (Å²) in [5.74, 6) is 0.234. The molecular formula is C15H12FN3. The Bertz CT molecular complexity index is 704. The van der Waals surface area contributed by atoms with E-state index in [9.17, 15) is 4.39 Å². The monoisotopic (exact) mass is 253 g/mol. The number of imidazole rings is 1. The maximum absolute atomic E-state index is 13.3. The fraction of sp³-hybridized carbons (Fsp3) is 0. The van der Waals surface area contributed by atoms with Gasteiger partial charge >= 0.3 is 0 Å². The Kier molecular flexibility index (Phi) is 2.76. The quantitative estimate of drug-likeness (QED) is 0.687. The average Bonchev–Trinajstić information content (AvgIpc) is 2.92. The second-order valence-corrected chi connectivity index (χ2v) is 4.24. The molecule has 3 N–H and O–H groups in total. The van der Waals surface area contributed by atoms with Crippen LogP contribution in [0.25, 0.3) is 22.6 Å². The lowest BCUT2D eigenvalue weighted by atomic mass is 10.1.